The third-order valence-corrected chi connectivity index (χ3v) is 2.27. The molecule has 3 atom stereocenters. The maximum atomic E-state index is 10.6. The lowest BCUT2D eigenvalue weighted by Gasteiger charge is -2.38. The zero-order chi connectivity index (χ0) is 10.8. The van der Waals surface area contributed by atoms with Crippen LogP contribution in [0.25, 0.3) is 0 Å². The normalized spacial score (nSPS) is 38.2. The molecule has 0 spiro atoms. The van der Waals surface area contributed by atoms with Gasteiger partial charge in [0.25, 0.3) is 0 Å². The Balaban J connectivity index is 2.55. The fourth-order valence-electron chi connectivity index (χ4n) is 1.57. The van der Waals surface area contributed by atoms with Gasteiger partial charge in [0, 0.05) is 6.42 Å². The van der Waals surface area contributed by atoms with Gasteiger partial charge in [-0.1, -0.05) is 0 Å². The van der Waals surface area contributed by atoms with Crippen molar-refractivity contribution in [2.45, 2.75) is 30.7 Å². The first-order chi connectivity index (χ1) is 6.47. The van der Waals surface area contributed by atoms with Gasteiger partial charge in [0.1, 0.15) is 6.10 Å². The summed E-state index contributed by atoms with van der Waals surface area (Å²) in [5.41, 5.74) is 3.53. The standard InChI is InChI=1S/C8H15NO5/c9-7(12)2-8(13)1-5(11)6(3-10)14-4-8/h5-6,10-11,13H,1-4H2,(H2,9,12)/t5-,6-,8+/m1/s1. The first-order valence-electron chi connectivity index (χ1n) is 4.38. The molecule has 82 valence electrons. The predicted molar refractivity (Wildman–Crippen MR) is 46.2 cm³/mol. The first-order valence-corrected chi connectivity index (χ1v) is 4.38. The highest BCUT2D eigenvalue weighted by Gasteiger charge is 2.40. The van der Waals surface area contributed by atoms with E-state index in [9.17, 15) is 15.0 Å². The Kier molecular flexibility index (Phi) is 3.43. The summed E-state index contributed by atoms with van der Waals surface area (Å²) in [6, 6.07) is 0. The van der Waals surface area contributed by atoms with E-state index >= 15 is 0 Å². The van der Waals surface area contributed by atoms with Crippen LogP contribution >= 0.6 is 0 Å². The maximum absolute atomic E-state index is 10.6. The molecular formula is C8H15NO5. The first kappa shape index (κ1) is 11.4. The number of rotatable bonds is 3. The van der Waals surface area contributed by atoms with Crippen LogP contribution in [0.3, 0.4) is 0 Å². The van der Waals surface area contributed by atoms with Gasteiger partial charge in [-0.15, -0.1) is 0 Å². The van der Waals surface area contributed by atoms with Crippen LogP contribution in [-0.2, 0) is 9.53 Å². The third kappa shape index (κ3) is 2.65. The van der Waals surface area contributed by atoms with E-state index in [0.717, 1.165) is 0 Å². The van der Waals surface area contributed by atoms with Crippen LogP contribution in [0.5, 0.6) is 0 Å². The molecule has 1 fully saturated rings. The molecule has 1 saturated heterocycles. The molecule has 0 aromatic heterocycles. The highest BCUT2D eigenvalue weighted by Crippen LogP contribution is 2.26. The molecule has 6 nitrogen and oxygen atoms in total. The zero-order valence-electron chi connectivity index (χ0n) is 7.72. The number of aliphatic hydroxyl groups excluding tert-OH is 2. The molecule has 0 aromatic rings. The van der Waals surface area contributed by atoms with E-state index in [-0.39, 0.29) is 26.1 Å². The second-order valence-corrected chi connectivity index (χ2v) is 3.67. The molecule has 5 N–H and O–H groups in total. The molecule has 1 amide bonds. The van der Waals surface area contributed by atoms with E-state index in [1.54, 1.807) is 0 Å². The molecule has 0 radical (unpaired) electrons. The molecule has 0 saturated carbocycles. The molecule has 14 heavy (non-hydrogen) atoms. The van der Waals surface area contributed by atoms with E-state index in [4.69, 9.17) is 15.6 Å². The summed E-state index contributed by atoms with van der Waals surface area (Å²) in [5.74, 6) is -0.647. The van der Waals surface area contributed by atoms with Gasteiger partial charge in [-0.25, -0.2) is 0 Å². The van der Waals surface area contributed by atoms with E-state index < -0.39 is 23.7 Å². The van der Waals surface area contributed by atoms with Crippen LogP contribution in [0, 0.1) is 0 Å². The smallest absolute Gasteiger partial charge is 0.220 e. The third-order valence-electron chi connectivity index (χ3n) is 2.27. The molecule has 1 aliphatic rings. The Labute approximate surface area is 81.3 Å². The van der Waals surface area contributed by atoms with Crippen molar-refractivity contribution >= 4 is 5.91 Å². The van der Waals surface area contributed by atoms with Crippen LogP contribution in [-0.4, -0.2) is 52.2 Å². The van der Waals surface area contributed by atoms with Crippen LogP contribution < -0.4 is 5.73 Å². The van der Waals surface area contributed by atoms with Gasteiger partial charge < -0.3 is 25.8 Å². The topological polar surface area (TPSA) is 113 Å². The van der Waals surface area contributed by atoms with Gasteiger partial charge in [0.2, 0.25) is 5.91 Å². The molecule has 0 aliphatic carbocycles. The van der Waals surface area contributed by atoms with Gasteiger partial charge in [-0.2, -0.15) is 0 Å². The quantitative estimate of drug-likeness (QED) is 0.415. The Morgan fingerprint density at radius 2 is 2.29 bits per heavy atom. The Bertz CT molecular complexity index is 222. The molecule has 0 bridgehead atoms. The SMILES string of the molecule is NC(=O)C[C@]1(O)CO[C@H](CO)[C@H](O)C1. The van der Waals surface area contributed by atoms with Crippen LogP contribution in [0.2, 0.25) is 0 Å². The highest BCUT2D eigenvalue weighted by atomic mass is 16.5. The minimum absolute atomic E-state index is 0.0127. The molecule has 6 heteroatoms. The second kappa shape index (κ2) is 4.22. The van der Waals surface area contributed by atoms with Crippen LogP contribution in [0.15, 0.2) is 0 Å². The number of nitrogens with two attached hydrogens (primary N) is 1. The summed E-state index contributed by atoms with van der Waals surface area (Å²) < 4.78 is 5.00. The number of hydrogen-bond acceptors (Lipinski definition) is 5. The number of carbonyl (C=O) groups excluding carboxylic acids is 1. The minimum atomic E-state index is -1.41. The van der Waals surface area contributed by atoms with E-state index in [1.807, 2.05) is 0 Å². The van der Waals surface area contributed by atoms with Crippen molar-refractivity contribution in [1.29, 1.82) is 0 Å². The Morgan fingerprint density at radius 1 is 1.64 bits per heavy atom. The van der Waals surface area contributed by atoms with Crippen LogP contribution in [0.1, 0.15) is 12.8 Å². The van der Waals surface area contributed by atoms with Gasteiger partial charge in [0.15, 0.2) is 0 Å². The average molecular weight is 205 g/mol. The number of amides is 1. The van der Waals surface area contributed by atoms with Gasteiger partial charge in [0.05, 0.1) is 31.3 Å². The summed E-state index contributed by atoms with van der Waals surface area (Å²) in [7, 11) is 0. The fourth-order valence-corrected chi connectivity index (χ4v) is 1.57. The summed E-state index contributed by atoms with van der Waals surface area (Å²) in [4.78, 5) is 10.6. The zero-order valence-corrected chi connectivity index (χ0v) is 7.72. The van der Waals surface area contributed by atoms with Gasteiger partial charge >= 0.3 is 0 Å². The lowest BCUT2D eigenvalue weighted by atomic mass is 9.88. The predicted octanol–water partition coefficient (Wildman–Crippen LogP) is -2.26. The summed E-state index contributed by atoms with van der Waals surface area (Å²) in [5, 5.41) is 27.9. The number of ether oxygens (including phenoxy) is 1. The Morgan fingerprint density at radius 3 is 2.71 bits per heavy atom. The number of aliphatic hydroxyl groups is 3. The fraction of sp³-hybridized carbons (Fsp3) is 0.875. The lowest BCUT2D eigenvalue weighted by molar-refractivity contribution is -0.183. The van der Waals surface area contributed by atoms with Crippen LogP contribution in [0.4, 0.5) is 0 Å². The maximum Gasteiger partial charge on any atom is 0.220 e. The van der Waals surface area contributed by atoms with Crippen molar-refractivity contribution in [1.82, 2.24) is 0 Å². The molecular weight excluding hydrogens is 190 g/mol. The molecule has 1 rings (SSSR count). The minimum Gasteiger partial charge on any atom is -0.394 e. The van der Waals surface area contributed by atoms with Crippen molar-refractivity contribution in [3.63, 3.8) is 0 Å². The van der Waals surface area contributed by atoms with Crippen molar-refractivity contribution < 1.29 is 24.9 Å². The monoisotopic (exact) mass is 205 g/mol. The van der Waals surface area contributed by atoms with Gasteiger partial charge in [-0.05, 0) is 0 Å². The lowest BCUT2D eigenvalue weighted by Crippen LogP contribution is -2.52. The molecule has 1 heterocycles. The van der Waals surface area contributed by atoms with Crippen molar-refractivity contribution in [3.8, 4) is 0 Å². The largest absolute Gasteiger partial charge is 0.394 e. The number of primary amides is 1. The molecule has 0 unspecified atom stereocenters. The summed E-state index contributed by atoms with van der Waals surface area (Å²) >= 11 is 0. The summed E-state index contributed by atoms with van der Waals surface area (Å²) in [6.45, 7) is -0.411. The second-order valence-electron chi connectivity index (χ2n) is 3.67. The van der Waals surface area contributed by atoms with Crippen molar-refractivity contribution in [3.05, 3.63) is 0 Å². The van der Waals surface area contributed by atoms with Crippen molar-refractivity contribution in [2.75, 3.05) is 13.2 Å². The van der Waals surface area contributed by atoms with Gasteiger partial charge in [-0.3, -0.25) is 4.79 Å². The summed E-state index contributed by atoms with van der Waals surface area (Å²) in [6.07, 6.45) is -1.93. The molecule has 0 aromatic carbocycles. The highest BCUT2D eigenvalue weighted by molar-refractivity contribution is 5.74. The van der Waals surface area contributed by atoms with E-state index in [1.165, 1.54) is 0 Å². The number of hydrogen-bond donors (Lipinski definition) is 4. The number of carbonyl (C=O) groups is 1. The van der Waals surface area contributed by atoms with E-state index in [2.05, 4.69) is 0 Å². The van der Waals surface area contributed by atoms with Crippen molar-refractivity contribution in [2.24, 2.45) is 5.73 Å². The Hall–Kier alpha value is -0.690. The average Bonchev–Trinajstić information content (AvgIpc) is 2.02. The molecule has 1 aliphatic heterocycles. The van der Waals surface area contributed by atoms with E-state index in [0.29, 0.717) is 0 Å².